The summed E-state index contributed by atoms with van der Waals surface area (Å²) in [5.41, 5.74) is 2.68. The van der Waals surface area contributed by atoms with Crippen molar-refractivity contribution in [2.45, 2.75) is 38.5 Å². The molecule has 0 amide bonds. The number of aromatic nitrogens is 3. The quantitative estimate of drug-likeness (QED) is 0.247. The summed E-state index contributed by atoms with van der Waals surface area (Å²) in [7, 11) is 0. The fourth-order valence-electron chi connectivity index (χ4n) is 4.54. The van der Waals surface area contributed by atoms with Crippen molar-refractivity contribution >= 4 is 29.3 Å². The van der Waals surface area contributed by atoms with E-state index in [2.05, 4.69) is 26.0 Å². The van der Waals surface area contributed by atoms with Crippen LogP contribution in [0.5, 0.6) is 0 Å². The van der Waals surface area contributed by atoms with Crippen LogP contribution in [-0.2, 0) is 24.7 Å². The Morgan fingerprint density at radius 1 is 1.13 bits per heavy atom. The highest BCUT2D eigenvalue weighted by Crippen LogP contribution is 2.35. The second kappa shape index (κ2) is 10.4. The number of pyridine rings is 1. The molecule has 0 saturated heterocycles. The number of carbonyl (C=O) groups is 1. The summed E-state index contributed by atoms with van der Waals surface area (Å²) in [6.07, 6.45) is 4.86. The number of hydrogen-bond donors (Lipinski definition) is 0. The van der Waals surface area contributed by atoms with Gasteiger partial charge in [0.2, 0.25) is 0 Å². The van der Waals surface area contributed by atoms with Crippen molar-refractivity contribution in [1.82, 2.24) is 15.0 Å². The molecule has 4 aromatic rings. The third kappa shape index (κ3) is 5.06. The summed E-state index contributed by atoms with van der Waals surface area (Å²) in [6.45, 7) is 3.39. The highest BCUT2D eigenvalue weighted by atomic mass is 35.5. The number of aliphatic imine (C=N–C) groups is 1. The number of carbonyl (C=O) groups excluding carboxylic acids is 1. The summed E-state index contributed by atoms with van der Waals surface area (Å²) >= 11 is 6.27. The summed E-state index contributed by atoms with van der Waals surface area (Å²) in [5, 5.41) is 9.85. The Kier molecular flexibility index (Phi) is 7.02. The molecule has 6 nitrogen and oxygen atoms in total. The number of fused-ring (bicyclic) bond motifs is 1. The molecule has 0 N–H and O–H groups in total. The van der Waals surface area contributed by atoms with E-state index in [0.717, 1.165) is 11.8 Å². The lowest BCUT2D eigenvalue weighted by Gasteiger charge is -2.18. The molecule has 1 aliphatic rings. The van der Waals surface area contributed by atoms with Gasteiger partial charge in [0.1, 0.15) is 29.3 Å². The molecule has 0 radical (unpaired) electrons. The zero-order valence-electron chi connectivity index (χ0n) is 21.2. The fraction of sp³-hybridized carbons (Fsp3) is 0.200. The van der Waals surface area contributed by atoms with Crippen molar-refractivity contribution < 1.29 is 13.6 Å². The minimum Gasteiger partial charge on any atom is -0.294 e. The first-order valence-electron chi connectivity index (χ1n) is 12.2. The molecule has 0 bridgehead atoms. The molecule has 0 saturated carbocycles. The van der Waals surface area contributed by atoms with Crippen molar-refractivity contribution in [3.8, 4) is 17.3 Å². The van der Waals surface area contributed by atoms with E-state index in [9.17, 15) is 14.4 Å². The van der Waals surface area contributed by atoms with E-state index in [4.69, 9.17) is 11.6 Å². The Morgan fingerprint density at radius 2 is 1.95 bits per heavy atom. The Hall–Kier alpha value is -4.35. The minimum atomic E-state index is -0.919. The van der Waals surface area contributed by atoms with Gasteiger partial charge >= 0.3 is 0 Å². The molecule has 0 unspecified atom stereocenters. The van der Waals surface area contributed by atoms with Gasteiger partial charge in [-0.25, -0.2) is 18.7 Å². The molecule has 0 fully saturated rings. The van der Waals surface area contributed by atoms with Crippen molar-refractivity contribution in [3.05, 3.63) is 105 Å². The zero-order valence-corrected chi connectivity index (χ0v) is 21.9. The third-order valence-electron chi connectivity index (χ3n) is 6.75. The monoisotopic (exact) mass is 541 g/mol. The molecule has 9 heteroatoms. The van der Waals surface area contributed by atoms with Crippen LogP contribution < -0.4 is 0 Å². The van der Waals surface area contributed by atoms with Crippen LogP contribution >= 0.6 is 11.6 Å². The molecular formula is C30H22ClF2N5O. The molecule has 0 aliphatic carbocycles. The third-order valence-corrected chi connectivity index (χ3v) is 7.08. The van der Waals surface area contributed by atoms with Crippen LogP contribution in [-0.4, -0.2) is 26.9 Å². The van der Waals surface area contributed by atoms with E-state index in [1.54, 1.807) is 50.5 Å². The summed E-state index contributed by atoms with van der Waals surface area (Å²) in [4.78, 5) is 30.5. The normalized spacial score (nSPS) is 12.3. The first-order valence-corrected chi connectivity index (χ1v) is 12.6. The zero-order chi connectivity index (χ0) is 27.7. The van der Waals surface area contributed by atoms with Crippen molar-refractivity contribution in [1.29, 1.82) is 5.26 Å². The van der Waals surface area contributed by atoms with Gasteiger partial charge in [0.05, 0.1) is 22.9 Å². The van der Waals surface area contributed by atoms with Gasteiger partial charge in [0.25, 0.3) is 0 Å². The maximum absolute atomic E-state index is 15.7. The van der Waals surface area contributed by atoms with E-state index in [1.165, 1.54) is 18.5 Å². The fourth-order valence-corrected chi connectivity index (χ4v) is 4.89. The van der Waals surface area contributed by atoms with Crippen LogP contribution in [0.3, 0.4) is 0 Å². The van der Waals surface area contributed by atoms with Gasteiger partial charge < -0.3 is 0 Å². The first kappa shape index (κ1) is 26.3. The van der Waals surface area contributed by atoms with Crippen LogP contribution in [0.25, 0.3) is 11.3 Å². The Balaban J connectivity index is 1.47. The van der Waals surface area contributed by atoms with Crippen LogP contribution in [0.1, 0.15) is 52.3 Å². The van der Waals surface area contributed by atoms with E-state index < -0.39 is 17.0 Å². The standard InChI is InChI=1S/C30H22ClF2N5O/c1-30(2,15-34)21-12-17(5-7-22(21)31)26(39)13-18-6-8-23(32)20(27(18)33)14-25-19(4-3-10-35-25)28-29-24(9-11-36-29)37-16-38-28/h3-8,10-12,16H,9,13-14H2,1-2H3. The van der Waals surface area contributed by atoms with Crippen LogP contribution in [0.15, 0.2) is 60.0 Å². The van der Waals surface area contributed by atoms with Gasteiger partial charge in [-0.2, -0.15) is 5.26 Å². The molecule has 3 heterocycles. The largest absolute Gasteiger partial charge is 0.294 e. The first-order chi connectivity index (χ1) is 18.7. The van der Waals surface area contributed by atoms with Crippen LogP contribution in [0.2, 0.25) is 5.02 Å². The van der Waals surface area contributed by atoms with Crippen molar-refractivity contribution in [2.75, 3.05) is 0 Å². The van der Waals surface area contributed by atoms with Gasteiger partial charge in [-0.05, 0) is 61.4 Å². The Bertz CT molecular complexity index is 1690. The maximum Gasteiger partial charge on any atom is 0.167 e. The number of hydrogen-bond acceptors (Lipinski definition) is 6. The van der Waals surface area contributed by atoms with E-state index in [0.29, 0.717) is 39.6 Å². The van der Waals surface area contributed by atoms with Gasteiger partial charge in [0.15, 0.2) is 5.78 Å². The molecule has 194 valence electrons. The number of nitriles is 1. The highest BCUT2D eigenvalue weighted by Gasteiger charge is 2.25. The number of ketones is 1. The predicted molar refractivity (Wildman–Crippen MR) is 144 cm³/mol. The maximum atomic E-state index is 15.7. The van der Waals surface area contributed by atoms with Crippen molar-refractivity contribution in [3.63, 3.8) is 0 Å². The smallest absolute Gasteiger partial charge is 0.167 e. The average Bonchev–Trinajstić information content (AvgIpc) is 3.42. The topological polar surface area (TPSA) is 91.9 Å². The lowest BCUT2D eigenvalue weighted by molar-refractivity contribution is 0.0991. The molecular weight excluding hydrogens is 520 g/mol. The molecule has 39 heavy (non-hydrogen) atoms. The lowest BCUT2D eigenvalue weighted by Crippen LogP contribution is -2.16. The number of benzene rings is 2. The predicted octanol–water partition coefficient (Wildman–Crippen LogP) is 6.55. The summed E-state index contributed by atoms with van der Waals surface area (Å²) in [6, 6.07) is 12.7. The second-order valence-corrected chi connectivity index (χ2v) is 10.1. The van der Waals surface area contributed by atoms with Gasteiger partial charge in [-0.3, -0.25) is 14.8 Å². The molecule has 2 aromatic carbocycles. The number of Topliss-reactive ketones (excluding diaryl/α,β-unsaturated/α-hetero) is 1. The summed E-state index contributed by atoms with van der Waals surface area (Å²) < 4.78 is 30.7. The molecule has 0 atom stereocenters. The van der Waals surface area contributed by atoms with Crippen LogP contribution in [0.4, 0.5) is 14.5 Å². The second-order valence-electron chi connectivity index (χ2n) is 9.74. The average molecular weight is 542 g/mol. The van der Waals surface area contributed by atoms with Crippen molar-refractivity contribution in [2.24, 2.45) is 4.99 Å². The molecule has 2 aromatic heterocycles. The van der Waals surface area contributed by atoms with Crippen LogP contribution in [0, 0.1) is 23.0 Å². The van der Waals surface area contributed by atoms with Gasteiger partial charge in [-0.15, -0.1) is 0 Å². The van der Waals surface area contributed by atoms with E-state index >= 15 is 4.39 Å². The van der Waals surface area contributed by atoms with Gasteiger partial charge in [-0.1, -0.05) is 17.7 Å². The Labute approximate surface area is 229 Å². The highest BCUT2D eigenvalue weighted by molar-refractivity contribution is 6.31. The summed E-state index contributed by atoms with van der Waals surface area (Å²) in [5.74, 6) is -1.93. The molecule has 1 aliphatic heterocycles. The lowest BCUT2D eigenvalue weighted by atomic mass is 9.84. The SMILES string of the molecule is CC(C)(C#N)c1cc(C(=O)Cc2ccc(F)c(Cc3ncccc3-c3ncnc4c3N=CC4)c2F)ccc1Cl. The molecule has 5 rings (SSSR count). The van der Waals surface area contributed by atoms with E-state index in [-0.39, 0.29) is 35.3 Å². The minimum absolute atomic E-state index is 0.0532. The number of halogens is 3. The van der Waals surface area contributed by atoms with Gasteiger partial charge in [0, 0.05) is 53.4 Å². The Morgan fingerprint density at radius 3 is 2.74 bits per heavy atom. The number of nitrogens with zero attached hydrogens (tertiary/aromatic N) is 5. The van der Waals surface area contributed by atoms with E-state index in [1.807, 2.05) is 0 Å². The molecule has 0 spiro atoms. The number of rotatable bonds is 7.